The summed E-state index contributed by atoms with van der Waals surface area (Å²) < 4.78 is 0.953. The number of fused-ring (bicyclic) bond motifs is 1. The van der Waals surface area contributed by atoms with Crippen molar-refractivity contribution in [2.75, 3.05) is 4.90 Å². The summed E-state index contributed by atoms with van der Waals surface area (Å²) in [5.41, 5.74) is 4.22. The maximum Gasteiger partial charge on any atom is 0.301 e. The Balaban J connectivity index is 1.74. The summed E-state index contributed by atoms with van der Waals surface area (Å²) in [7, 11) is 0. The summed E-state index contributed by atoms with van der Waals surface area (Å²) in [4.78, 5) is 32.6. The molecule has 4 aromatic rings. The van der Waals surface area contributed by atoms with Crippen molar-refractivity contribution < 1.29 is 14.7 Å². The molecule has 1 aliphatic rings. The molecule has 0 bridgehead atoms. The van der Waals surface area contributed by atoms with Gasteiger partial charge in [-0.1, -0.05) is 78.1 Å². The van der Waals surface area contributed by atoms with Crippen LogP contribution < -0.4 is 4.90 Å². The molecule has 1 amide bonds. The van der Waals surface area contributed by atoms with Crippen LogP contribution in [0.15, 0.2) is 78.4 Å². The molecule has 0 radical (unpaired) electrons. The third-order valence-corrected chi connectivity index (χ3v) is 6.63. The van der Waals surface area contributed by atoms with Gasteiger partial charge in [0, 0.05) is 5.56 Å². The minimum Gasteiger partial charge on any atom is -0.507 e. The zero-order valence-corrected chi connectivity index (χ0v) is 18.4. The maximum absolute atomic E-state index is 13.3. The molecular formula is C26H20N2O3S. The smallest absolute Gasteiger partial charge is 0.301 e. The van der Waals surface area contributed by atoms with Gasteiger partial charge >= 0.3 is 5.91 Å². The molecule has 6 heteroatoms. The Morgan fingerprint density at radius 3 is 2.31 bits per heavy atom. The summed E-state index contributed by atoms with van der Waals surface area (Å²) in [5.74, 6) is -1.59. The fourth-order valence-corrected chi connectivity index (χ4v) is 5.36. The van der Waals surface area contributed by atoms with Crippen molar-refractivity contribution in [3.8, 4) is 0 Å². The number of aliphatic hydroxyl groups is 1. The van der Waals surface area contributed by atoms with Crippen LogP contribution in [0.3, 0.4) is 0 Å². The number of ketones is 1. The molecule has 1 saturated heterocycles. The van der Waals surface area contributed by atoms with Crippen molar-refractivity contribution in [3.63, 3.8) is 0 Å². The first-order valence-electron chi connectivity index (χ1n) is 10.2. The Morgan fingerprint density at radius 2 is 1.62 bits per heavy atom. The van der Waals surface area contributed by atoms with E-state index < -0.39 is 17.7 Å². The van der Waals surface area contributed by atoms with E-state index in [0.29, 0.717) is 10.7 Å². The second-order valence-electron chi connectivity index (χ2n) is 7.87. The van der Waals surface area contributed by atoms with Gasteiger partial charge in [0.05, 0.1) is 21.8 Å². The van der Waals surface area contributed by atoms with Gasteiger partial charge in [-0.2, -0.15) is 0 Å². The summed E-state index contributed by atoms with van der Waals surface area (Å²) in [5, 5.41) is 11.5. The number of amides is 1. The minimum absolute atomic E-state index is 0.0690. The van der Waals surface area contributed by atoms with E-state index in [1.54, 1.807) is 24.3 Å². The lowest BCUT2D eigenvalue weighted by atomic mass is 9.95. The van der Waals surface area contributed by atoms with Gasteiger partial charge in [-0.25, -0.2) is 4.98 Å². The van der Waals surface area contributed by atoms with Crippen LogP contribution in [0.5, 0.6) is 0 Å². The molecule has 5 rings (SSSR count). The molecule has 1 aliphatic heterocycles. The molecule has 1 aromatic heterocycles. The third kappa shape index (κ3) is 3.20. The van der Waals surface area contributed by atoms with Crippen LogP contribution in [0.25, 0.3) is 16.0 Å². The summed E-state index contributed by atoms with van der Waals surface area (Å²) in [6.45, 7) is 4.00. The van der Waals surface area contributed by atoms with Gasteiger partial charge in [0.1, 0.15) is 5.76 Å². The van der Waals surface area contributed by atoms with Crippen molar-refractivity contribution >= 4 is 44.1 Å². The van der Waals surface area contributed by atoms with E-state index in [0.717, 1.165) is 26.9 Å². The minimum atomic E-state index is -0.765. The monoisotopic (exact) mass is 440 g/mol. The first-order valence-corrected chi connectivity index (χ1v) is 11.1. The number of aliphatic hydroxyl groups excluding tert-OH is 1. The predicted molar refractivity (Wildman–Crippen MR) is 127 cm³/mol. The fraction of sp³-hybridized carbons (Fsp3) is 0.115. The second kappa shape index (κ2) is 7.73. The maximum atomic E-state index is 13.3. The quantitative estimate of drug-likeness (QED) is 0.258. The lowest BCUT2D eigenvalue weighted by Gasteiger charge is -2.22. The number of benzene rings is 3. The number of carbonyl (C=O) groups excluding carboxylic acids is 2. The van der Waals surface area contributed by atoms with E-state index in [1.165, 1.54) is 16.2 Å². The molecule has 3 aromatic carbocycles. The number of anilines is 1. The molecule has 158 valence electrons. The molecule has 2 heterocycles. The Bertz CT molecular complexity index is 1390. The molecule has 1 atom stereocenters. The van der Waals surface area contributed by atoms with Crippen molar-refractivity contribution in [2.45, 2.75) is 19.9 Å². The largest absolute Gasteiger partial charge is 0.507 e. The van der Waals surface area contributed by atoms with Gasteiger partial charge < -0.3 is 5.11 Å². The zero-order chi connectivity index (χ0) is 22.4. The van der Waals surface area contributed by atoms with Crippen LogP contribution >= 0.6 is 11.3 Å². The number of Topliss-reactive ketones (excluding diaryl/α,β-unsaturated/α-hetero) is 1. The van der Waals surface area contributed by atoms with Crippen LogP contribution in [0.4, 0.5) is 5.13 Å². The molecule has 0 saturated carbocycles. The second-order valence-corrected chi connectivity index (χ2v) is 8.88. The fourth-order valence-electron chi connectivity index (χ4n) is 4.19. The summed E-state index contributed by atoms with van der Waals surface area (Å²) in [6.07, 6.45) is 0. The highest BCUT2D eigenvalue weighted by Crippen LogP contribution is 2.44. The van der Waals surface area contributed by atoms with Crippen LogP contribution in [0, 0.1) is 13.8 Å². The van der Waals surface area contributed by atoms with Gasteiger partial charge in [-0.3, -0.25) is 14.5 Å². The number of aromatic nitrogens is 1. The van der Waals surface area contributed by atoms with E-state index in [9.17, 15) is 14.7 Å². The number of carbonyl (C=O) groups is 2. The first kappa shape index (κ1) is 20.2. The molecule has 1 fully saturated rings. The van der Waals surface area contributed by atoms with Crippen LogP contribution in [-0.4, -0.2) is 21.8 Å². The van der Waals surface area contributed by atoms with Gasteiger partial charge in [-0.05, 0) is 36.6 Å². The van der Waals surface area contributed by atoms with E-state index >= 15 is 0 Å². The highest BCUT2D eigenvalue weighted by atomic mass is 32.1. The molecular weight excluding hydrogens is 420 g/mol. The van der Waals surface area contributed by atoms with E-state index in [2.05, 4.69) is 0 Å². The van der Waals surface area contributed by atoms with Crippen molar-refractivity contribution in [1.82, 2.24) is 4.98 Å². The van der Waals surface area contributed by atoms with Crippen LogP contribution in [0.1, 0.15) is 28.3 Å². The lowest BCUT2D eigenvalue weighted by molar-refractivity contribution is -0.132. The number of nitrogens with zero attached hydrogens (tertiary/aromatic N) is 2. The zero-order valence-electron chi connectivity index (χ0n) is 17.6. The van der Waals surface area contributed by atoms with E-state index in [1.807, 2.05) is 62.4 Å². The molecule has 32 heavy (non-hydrogen) atoms. The van der Waals surface area contributed by atoms with Gasteiger partial charge in [-0.15, -0.1) is 0 Å². The van der Waals surface area contributed by atoms with Crippen molar-refractivity contribution in [1.29, 1.82) is 0 Å². The SMILES string of the molecule is Cc1cc(C)c2nc(N3C(=O)C(=O)C(=C(O)c4ccccc4)[C@H]3c3ccccc3)sc2c1. The standard InChI is InChI=1S/C26H20N2O3S/c1-15-13-16(2)21-19(14-15)32-26(27-21)28-22(17-9-5-3-6-10-17)20(24(30)25(28)31)23(29)18-11-7-4-8-12-18/h3-14,22,29H,1-2H3/t22-/m1/s1. The number of hydrogen-bond acceptors (Lipinski definition) is 5. The predicted octanol–water partition coefficient (Wildman–Crippen LogP) is 5.54. The van der Waals surface area contributed by atoms with Crippen molar-refractivity contribution in [3.05, 3.63) is 101 Å². The number of hydrogen-bond donors (Lipinski definition) is 1. The number of aryl methyl sites for hydroxylation is 2. The van der Waals surface area contributed by atoms with E-state index in [-0.39, 0.29) is 11.3 Å². The first-order chi connectivity index (χ1) is 15.5. The summed E-state index contributed by atoms with van der Waals surface area (Å²) in [6, 6.07) is 21.4. The van der Waals surface area contributed by atoms with Crippen LogP contribution in [0.2, 0.25) is 0 Å². The topological polar surface area (TPSA) is 70.5 Å². The average Bonchev–Trinajstić information content (AvgIpc) is 3.33. The molecule has 1 N–H and O–H groups in total. The van der Waals surface area contributed by atoms with Crippen molar-refractivity contribution in [2.24, 2.45) is 0 Å². The van der Waals surface area contributed by atoms with Gasteiger partial charge in [0.25, 0.3) is 5.78 Å². The normalized spacial score (nSPS) is 17.9. The average molecular weight is 441 g/mol. The number of thiazole rings is 1. The Hall–Kier alpha value is -3.77. The Kier molecular flexibility index (Phi) is 4.87. The third-order valence-electron chi connectivity index (χ3n) is 5.63. The van der Waals surface area contributed by atoms with Crippen LogP contribution in [-0.2, 0) is 9.59 Å². The Morgan fingerprint density at radius 1 is 0.969 bits per heavy atom. The van der Waals surface area contributed by atoms with E-state index in [4.69, 9.17) is 4.98 Å². The highest BCUT2D eigenvalue weighted by molar-refractivity contribution is 7.22. The molecule has 5 nitrogen and oxygen atoms in total. The Labute approximate surface area is 189 Å². The molecule has 0 spiro atoms. The van der Waals surface area contributed by atoms with Gasteiger partial charge in [0.2, 0.25) is 0 Å². The molecule has 0 aliphatic carbocycles. The molecule has 0 unspecified atom stereocenters. The number of rotatable bonds is 3. The van der Waals surface area contributed by atoms with Gasteiger partial charge in [0.15, 0.2) is 5.13 Å². The summed E-state index contributed by atoms with van der Waals surface area (Å²) >= 11 is 1.37. The lowest BCUT2D eigenvalue weighted by Crippen LogP contribution is -2.29. The highest BCUT2D eigenvalue weighted by Gasteiger charge is 2.48.